The van der Waals surface area contributed by atoms with Crippen LogP contribution in [0.15, 0.2) is 0 Å². The number of alkyl halides is 1. The van der Waals surface area contributed by atoms with Gasteiger partial charge in [-0.05, 0) is 19.8 Å². The maximum absolute atomic E-state index is 13.0. The zero-order valence-corrected chi connectivity index (χ0v) is 5.47. The van der Waals surface area contributed by atoms with Gasteiger partial charge in [-0.25, -0.2) is 4.39 Å². The Morgan fingerprint density at radius 1 is 1.56 bits per heavy atom. The molecule has 0 heterocycles. The summed E-state index contributed by atoms with van der Waals surface area (Å²) in [5, 5.41) is 9.13. The lowest BCUT2D eigenvalue weighted by atomic mass is 10.1. The molecule has 1 N–H and O–H groups in total. The highest BCUT2D eigenvalue weighted by molar-refractivity contribution is 5.16. The van der Waals surface area contributed by atoms with Gasteiger partial charge >= 0.3 is 0 Å². The zero-order chi connectivity index (χ0) is 6.65. The van der Waals surface area contributed by atoms with E-state index in [4.69, 9.17) is 5.11 Å². The third-order valence-corrected chi connectivity index (χ3v) is 2.89. The van der Waals surface area contributed by atoms with Crippen molar-refractivity contribution in [1.29, 1.82) is 0 Å². The number of halogens is 1. The van der Waals surface area contributed by atoms with Gasteiger partial charge in [-0.15, -0.1) is 0 Å². The highest BCUT2D eigenvalue weighted by Crippen LogP contribution is 2.62. The van der Waals surface area contributed by atoms with Crippen molar-refractivity contribution in [2.24, 2.45) is 11.8 Å². The fraction of sp³-hybridized carbons (Fsp3) is 1.00. The van der Waals surface area contributed by atoms with Crippen molar-refractivity contribution in [2.75, 3.05) is 0 Å². The summed E-state index contributed by atoms with van der Waals surface area (Å²) < 4.78 is 13.0. The lowest BCUT2D eigenvalue weighted by Gasteiger charge is -2.07. The van der Waals surface area contributed by atoms with Crippen LogP contribution < -0.4 is 0 Å². The Balaban J connectivity index is 2.14. The largest absolute Gasteiger partial charge is 0.393 e. The molecule has 2 rings (SSSR count). The van der Waals surface area contributed by atoms with Crippen LogP contribution in [0.3, 0.4) is 0 Å². The van der Waals surface area contributed by atoms with Gasteiger partial charge in [-0.3, -0.25) is 0 Å². The lowest BCUT2D eigenvalue weighted by Crippen LogP contribution is -2.14. The molecular weight excluding hydrogens is 119 g/mol. The molecule has 0 aromatic rings. The molecule has 0 radical (unpaired) electrons. The molecule has 2 aliphatic carbocycles. The maximum atomic E-state index is 13.0. The molecule has 1 nitrogen and oxygen atoms in total. The first kappa shape index (κ1) is 5.66. The molecule has 0 amide bonds. The van der Waals surface area contributed by atoms with Crippen molar-refractivity contribution in [3.63, 3.8) is 0 Å². The number of rotatable bonds is 0. The van der Waals surface area contributed by atoms with Gasteiger partial charge in [0.1, 0.15) is 5.67 Å². The summed E-state index contributed by atoms with van der Waals surface area (Å²) in [4.78, 5) is 0. The third-order valence-electron chi connectivity index (χ3n) is 2.89. The lowest BCUT2D eigenvalue weighted by molar-refractivity contribution is 0.118. The maximum Gasteiger partial charge on any atom is 0.117 e. The van der Waals surface area contributed by atoms with Gasteiger partial charge in [0, 0.05) is 11.8 Å². The topological polar surface area (TPSA) is 20.2 Å². The normalized spacial score (nSPS) is 63.7. The first-order valence-corrected chi connectivity index (χ1v) is 3.51. The van der Waals surface area contributed by atoms with Crippen LogP contribution in [0.1, 0.15) is 19.8 Å². The van der Waals surface area contributed by atoms with Crippen molar-refractivity contribution < 1.29 is 9.50 Å². The van der Waals surface area contributed by atoms with E-state index in [-0.39, 0.29) is 17.9 Å². The van der Waals surface area contributed by atoms with Crippen LogP contribution in [-0.2, 0) is 0 Å². The molecule has 52 valence electrons. The Morgan fingerprint density at radius 3 is 2.44 bits per heavy atom. The van der Waals surface area contributed by atoms with Gasteiger partial charge in [0.15, 0.2) is 0 Å². The van der Waals surface area contributed by atoms with E-state index in [0.29, 0.717) is 0 Å². The molecule has 0 unspecified atom stereocenters. The van der Waals surface area contributed by atoms with Gasteiger partial charge < -0.3 is 5.11 Å². The van der Waals surface area contributed by atoms with Gasteiger partial charge in [0.05, 0.1) is 6.10 Å². The van der Waals surface area contributed by atoms with Crippen LogP contribution in [0, 0.1) is 11.8 Å². The number of hydrogen-bond acceptors (Lipinski definition) is 1. The molecule has 2 fully saturated rings. The van der Waals surface area contributed by atoms with E-state index in [1.807, 2.05) is 0 Å². The van der Waals surface area contributed by atoms with Crippen molar-refractivity contribution in [1.82, 2.24) is 0 Å². The van der Waals surface area contributed by atoms with Gasteiger partial charge in [0.2, 0.25) is 0 Å². The fourth-order valence-corrected chi connectivity index (χ4v) is 2.24. The van der Waals surface area contributed by atoms with Crippen LogP contribution in [0.25, 0.3) is 0 Å². The summed E-state index contributed by atoms with van der Waals surface area (Å²) >= 11 is 0. The Bertz CT molecular complexity index is 144. The van der Waals surface area contributed by atoms with Crippen LogP contribution in [-0.4, -0.2) is 16.9 Å². The summed E-state index contributed by atoms with van der Waals surface area (Å²) in [7, 11) is 0. The minimum absolute atomic E-state index is 0.0162. The summed E-state index contributed by atoms with van der Waals surface area (Å²) in [5.41, 5.74) is -1.02. The van der Waals surface area contributed by atoms with Gasteiger partial charge in [-0.2, -0.15) is 0 Å². The minimum Gasteiger partial charge on any atom is -0.393 e. The van der Waals surface area contributed by atoms with Crippen molar-refractivity contribution in [3.05, 3.63) is 0 Å². The Hall–Kier alpha value is -0.110. The van der Waals surface area contributed by atoms with Crippen molar-refractivity contribution in [3.8, 4) is 0 Å². The number of aliphatic hydroxyl groups is 1. The number of fused-ring (bicyclic) bond motifs is 1. The molecule has 0 spiro atoms. The molecule has 0 aromatic carbocycles. The fourth-order valence-electron chi connectivity index (χ4n) is 2.24. The third kappa shape index (κ3) is 0.522. The van der Waals surface area contributed by atoms with Crippen molar-refractivity contribution in [2.45, 2.75) is 31.5 Å². The number of hydrogen-bond donors (Lipinski definition) is 1. The molecule has 9 heavy (non-hydrogen) atoms. The highest BCUT2D eigenvalue weighted by atomic mass is 19.1. The van der Waals surface area contributed by atoms with E-state index in [1.165, 1.54) is 0 Å². The van der Waals surface area contributed by atoms with E-state index >= 15 is 0 Å². The minimum atomic E-state index is -1.02. The van der Waals surface area contributed by atoms with E-state index in [2.05, 4.69) is 0 Å². The summed E-state index contributed by atoms with van der Waals surface area (Å²) in [6.07, 6.45) is 1.36. The zero-order valence-electron chi connectivity index (χ0n) is 5.47. The molecule has 2 heteroatoms. The second-order valence-corrected chi connectivity index (χ2v) is 3.43. The van der Waals surface area contributed by atoms with E-state index in [0.717, 1.165) is 12.8 Å². The molecule has 4 atom stereocenters. The van der Waals surface area contributed by atoms with E-state index in [1.54, 1.807) is 6.92 Å². The molecule has 0 aliphatic heterocycles. The van der Waals surface area contributed by atoms with E-state index < -0.39 is 5.67 Å². The van der Waals surface area contributed by atoms with Crippen LogP contribution >= 0.6 is 0 Å². The second-order valence-electron chi connectivity index (χ2n) is 3.43. The average Bonchev–Trinajstić information content (AvgIpc) is 2.19. The van der Waals surface area contributed by atoms with Crippen LogP contribution in [0.2, 0.25) is 0 Å². The number of aliphatic hydroxyl groups excluding tert-OH is 1. The second kappa shape index (κ2) is 1.31. The quantitative estimate of drug-likeness (QED) is 0.521. The first-order chi connectivity index (χ1) is 4.14. The Kier molecular flexibility index (Phi) is 0.825. The van der Waals surface area contributed by atoms with Gasteiger partial charge in [-0.1, -0.05) is 0 Å². The molecule has 2 saturated carbocycles. The van der Waals surface area contributed by atoms with Gasteiger partial charge in [0.25, 0.3) is 0 Å². The molecule has 0 aromatic heterocycles. The predicted octanol–water partition coefficient (Wildman–Crippen LogP) is 1.12. The van der Waals surface area contributed by atoms with Crippen LogP contribution in [0.5, 0.6) is 0 Å². The first-order valence-electron chi connectivity index (χ1n) is 3.51. The average molecular weight is 130 g/mol. The Morgan fingerprint density at radius 2 is 2.22 bits per heavy atom. The summed E-state index contributed by atoms with van der Waals surface area (Å²) in [6.45, 7) is 1.60. The smallest absolute Gasteiger partial charge is 0.117 e. The van der Waals surface area contributed by atoms with E-state index in [9.17, 15) is 4.39 Å². The highest BCUT2D eigenvalue weighted by Gasteiger charge is 2.68. The van der Waals surface area contributed by atoms with Crippen molar-refractivity contribution >= 4 is 0 Å². The van der Waals surface area contributed by atoms with Crippen LogP contribution in [0.4, 0.5) is 4.39 Å². The Labute approximate surface area is 53.9 Å². The monoisotopic (exact) mass is 130 g/mol. The predicted molar refractivity (Wildman–Crippen MR) is 31.7 cm³/mol. The molecule has 2 aliphatic rings. The summed E-state index contributed by atoms with van der Waals surface area (Å²) in [6, 6.07) is 0. The molecule has 0 saturated heterocycles. The standard InChI is InChI=1S/C7H11FO/c1-7(8)4-2-3-5(9)6(4)7/h4-6,9H,2-3H2,1H3/t4-,5-,6-,7-/m0/s1. The SMILES string of the molecule is C[C@@]1(F)[C@@H]2[C@@H](O)CC[C@@H]21. The summed E-state index contributed by atoms with van der Waals surface area (Å²) in [5.74, 6) is 0.171. The molecule has 0 bridgehead atoms. The molecular formula is C7H11FO.